The van der Waals surface area contributed by atoms with E-state index in [-0.39, 0.29) is 17.6 Å². The molecule has 1 heterocycles. The number of nitrogens with one attached hydrogen (secondary N) is 2. The van der Waals surface area contributed by atoms with Gasteiger partial charge in [0.15, 0.2) is 0 Å². The van der Waals surface area contributed by atoms with Gasteiger partial charge in [-0.3, -0.25) is 9.59 Å². The molecule has 0 aliphatic heterocycles. The van der Waals surface area contributed by atoms with Crippen LogP contribution in [0.1, 0.15) is 37.6 Å². The van der Waals surface area contributed by atoms with Crippen molar-refractivity contribution in [2.45, 2.75) is 32.7 Å². The molecule has 0 bridgehead atoms. The molecule has 21 heavy (non-hydrogen) atoms. The summed E-state index contributed by atoms with van der Waals surface area (Å²) < 4.78 is 0. The molecule has 2 rings (SSSR count). The number of hydrogen-bond acceptors (Lipinski definition) is 4. The SMILES string of the molecule is CC(=O)C(C(C)=O)[C@@H](NC(=O)NCC1CC1)c1cccs1. The summed E-state index contributed by atoms with van der Waals surface area (Å²) in [6.07, 6.45) is 2.30. The van der Waals surface area contributed by atoms with Crippen molar-refractivity contribution in [2.75, 3.05) is 6.54 Å². The maximum Gasteiger partial charge on any atom is 0.315 e. The molecule has 1 aromatic heterocycles. The Labute approximate surface area is 128 Å². The van der Waals surface area contributed by atoms with E-state index in [4.69, 9.17) is 0 Å². The third kappa shape index (κ3) is 4.39. The number of carbonyl (C=O) groups is 3. The van der Waals surface area contributed by atoms with Crippen LogP contribution in [0.2, 0.25) is 0 Å². The Balaban J connectivity index is 2.09. The largest absolute Gasteiger partial charge is 0.338 e. The standard InChI is InChI=1S/C15H20N2O3S/c1-9(18)13(10(2)19)14(12-4-3-7-21-12)17-15(20)16-8-11-5-6-11/h3-4,7,11,13-14H,5-6,8H2,1-2H3,(H2,16,17,20)/t14-/m0/s1. The number of ketones is 2. The summed E-state index contributed by atoms with van der Waals surface area (Å²) in [6, 6.07) is 2.75. The van der Waals surface area contributed by atoms with Gasteiger partial charge in [-0.1, -0.05) is 6.07 Å². The quantitative estimate of drug-likeness (QED) is 0.759. The molecule has 1 aliphatic carbocycles. The molecule has 0 spiro atoms. The molecule has 5 nitrogen and oxygen atoms in total. The smallest absolute Gasteiger partial charge is 0.315 e. The lowest BCUT2D eigenvalue weighted by Crippen LogP contribution is -2.44. The van der Waals surface area contributed by atoms with Gasteiger partial charge in [0.1, 0.15) is 17.5 Å². The maximum atomic E-state index is 12.0. The molecule has 2 N–H and O–H groups in total. The molecule has 1 saturated carbocycles. The number of amides is 2. The number of rotatable bonds is 7. The van der Waals surface area contributed by atoms with E-state index >= 15 is 0 Å². The monoisotopic (exact) mass is 308 g/mol. The highest BCUT2D eigenvalue weighted by Crippen LogP contribution is 2.29. The van der Waals surface area contributed by atoms with Crippen LogP contribution in [0.4, 0.5) is 4.79 Å². The van der Waals surface area contributed by atoms with Crippen LogP contribution in [0.3, 0.4) is 0 Å². The van der Waals surface area contributed by atoms with Crippen molar-refractivity contribution >= 4 is 28.9 Å². The van der Waals surface area contributed by atoms with E-state index in [0.717, 1.165) is 17.7 Å². The molecule has 1 atom stereocenters. The van der Waals surface area contributed by atoms with Crippen molar-refractivity contribution in [2.24, 2.45) is 11.8 Å². The van der Waals surface area contributed by atoms with Crippen molar-refractivity contribution in [3.8, 4) is 0 Å². The number of thiophene rings is 1. The van der Waals surface area contributed by atoms with Gasteiger partial charge in [0, 0.05) is 11.4 Å². The normalized spacial score (nSPS) is 15.6. The minimum Gasteiger partial charge on any atom is -0.338 e. The Kier molecular flexibility index (Phi) is 5.12. The molecule has 6 heteroatoms. The number of carbonyl (C=O) groups excluding carboxylic acids is 3. The molecule has 1 fully saturated rings. The maximum absolute atomic E-state index is 12.0. The first-order valence-corrected chi connectivity index (χ1v) is 7.95. The van der Waals surface area contributed by atoms with Crippen LogP contribution >= 0.6 is 11.3 Å². The highest BCUT2D eigenvalue weighted by atomic mass is 32.1. The van der Waals surface area contributed by atoms with Gasteiger partial charge in [-0.05, 0) is 44.1 Å². The van der Waals surface area contributed by atoms with Crippen LogP contribution in [0, 0.1) is 11.8 Å². The number of hydrogen-bond donors (Lipinski definition) is 2. The molecule has 1 aliphatic rings. The highest BCUT2D eigenvalue weighted by molar-refractivity contribution is 7.10. The van der Waals surface area contributed by atoms with Gasteiger partial charge in [-0.25, -0.2) is 4.79 Å². The average molecular weight is 308 g/mol. The molecular formula is C15H20N2O3S. The molecule has 0 aromatic carbocycles. The van der Waals surface area contributed by atoms with E-state index in [9.17, 15) is 14.4 Å². The second-order valence-electron chi connectivity index (χ2n) is 5.49. The summed E-state index contributed by atoms with van der Waals surface area (Å²) >= 11 is 1.43. The van der Waals surface area contributed by atoms with Gasteiger partial charge in [0.05, 0.1) is 6.04 Å². The zero-order chi connectivity index (χ0) is 15.4. The molecule has 2 amide bonds. The van der Waals surface area contributed by atoms with Crippen molar-refractivity contribution in [1.82, 2.24) is 10.6 Å². The third-order valence-corrected chi connectivity index (χ3v) is 4.55. The second-order valence-corrected chi connectivity index (χ2v) is 6.47. The Bertz CT molecular complexity index is 509. The zero-order valence-corrected chi connectivity index (χ0v) is 13.0. The van der Waals surface area contributed by atoms with Gasteiger partial charge in [-0.15, -0.1) is 11.3 Å². The molecular weight excluding hydrogens is 288 g/mol. The summed E-state index contributed by atoms with van der Waals surface area (Å²) in [7, 11) is 0. The van der Waals surface area contributed by atoms with E-state index in [1.54, 1.807) is 0 Å². The minimum atomic E-state index is -0.838. The molecule has 0 saturated heterocycles. The summed E-state index contributed by atoms with van der Waals surface area (Å²) in [5, 5.41) is 7.45. The second kappa shape index (κ2) is 6.85. The number of Topliss-reactive ketones (excluding diaryl/α,β-unsaturated/α-hetero) is 2. The Morgan fingerprint density at radius 1 is 1.29 bits per heavy atom. The van der Waals surface area contributed by atoms with Gasteiger partial charge in [-0.2, -0.15) is 0 Å². The van der Waals surface area contributed by atoms with Gasteiger partial charge < -0.3 is 10.6 Å². The van der Waals surface area contributed by atoms with Crippen molar-refractivity contribution in [3.05, 3.63) is 22.4 Å². The van der Waals surface area contributed by atoms with Gasteiger partial charge in [0.25, 0.3) is 0 Å². The van der Waals surface area contributed by atoms with Crippen LogP contribution in [0.15, 0.2) is 17.5 Å². The molecule has 1 aromatic rings. The van der Waals surface area contributed by atoms with E-state index in [1.165, 1.54) is 25.2 Å². The average Bonchev–Trinajstić information content (AvgIpc) is 3.07. The predicted octanol–water partition coefficient (Wildman–Crippen LogP) is 2.29. The fraction of sp³-hybridized carbons (Fsp3) is 0.533. The zero-order valence-electron chi connectivity index (χ0n) is 12.2. The van der Waals surface area contributed by atoms with Gasteiger partial charge in [0.2, 0.25) is 0 Å². The van der Waals surface area contributed by atoms with Crippen molar-refractivity contribution < 1.29 is 14.4 Å². The van der Waals surface area contributed by atoms with E-state index in [1.807, 2.05) is 17.5 Å². The summed E-state index contributed by atoms with van der Waals surface area (Å²) in [4.78, 5) is 36.4. The molecule has 0 radical (unpaired) electrons. The fourth-order valence-electron chi connectivity index (χ4n) is 2.29. The van der Waals surface area contributed by atoms with Crippen LogP contribution in [0.25, 0.3) is 0 Å². The Hall–Kier alpha value is -1.69. The minimum absolute atomic E-state index is 0.233. The molecule has 0 unspecified atom stereocenters. The number of urea groups is 1. The van der Waals surface area contributed by atoms with E-state index in [0.29, 0.717) is 12.5 Å². The summed E-state index contributed by atoms with van der Waals surface area (Å²) in [5.74, 6) is -0.727. The Morgan fingerprint density at radius 3 is 2.43 bits per heavy atom. The van der Waals surface area contributed by atoms with E-state index in [2.05, 4.69) is 10.6 Å². The van der Waals surface area contributed by atoms with Crippen LogP contribution in [-0.2, 0) is 9.59 Å². The van der Waals surface area contributed by atoms with Crippen molar-refractivity contribution in [1.29, 1.82) is 0 Å². The summed E-state index contributed by atoms with van der Waals surface area (Å²) in [6.45, 7) is 3.42. The van der Waals surface area contributed by atoms with Crippen LogP contribution in [0.5, 0.6) is 0 Å². The lowest BCUT2D eigenvalue weighted by Gasteiger charge is -2.23. The van der Waals surface area contributed by atoms with Crippen LogP contribution in [-0.4, -0.2) is 24.1 Å². The first-order valence-electron chi connectivity index (χ1n) is 7.07. The Morgan fingerprint density at radius 2 is 1.95 bits per heavy atom. The topological polar surface area (TPSA) is 75.3 Å². The highest BCUT2D eigenvalue weighted by Gasteiger charge is 2.33. The third-order valence-electron chi connectivity index (χ3n) is 3.59. The molecule has 114 valence electrons. The van der Waals surface area contributed by atoms with Crippen molar-refractivity contribution in [3.63, 3.8) is 0 Å². The van der Waals surface area contributed by atoms with E-state index < -0.39 is 12.0 Å². The lowest BCUT2D eigenvalue weighted by molar-refractivity contribution is -0.131. The van der Waals surface area contributed by atoms with Gasteiger partial charge >= 0.3 is 6.03 Å². The lowest BCUT2D eigenvalue weighted by atomic mass is 9.91. The summed E-state index contributed by atoms with van der Waals surface area (Å²) in [5.41, 5.74) is 0. The first kappa shape index (κ1) is 15.7. The predicted molar refractivity (Wildman–Crippen MR) is 81.2 cm³/mol. The first-order chi connectivity index (χ1) is 9.99. The van der Waals surface area contributed by atoms with Crippen LogP contribution < -0.4 is 10.6 Å². The fourth-order valence-corrected chi connectivity index (χ4v) is 3.11.